The smallest absolute Gasteiger partial charge is 0.128 e. The van der Waals surface area contributed by atoms with Crippen molar-refractivity contribution in [1.29, 1.82) is 0 Å². The molecule has 2 nitrogen and oxygen atoms in total. The highest BCUT2D eigenvalue weighted by molar-refractivity contribution is 9.10. The molecular formula is C10H15BrN2. The molecule has 1 aromatic heterocycles. The summed E-state index contributed by atoms with van der Waals surface area (Å²) >= 11 is 3.37. The maximum atomic E-state index is 4.35. The molecule has 0 fully saturated rings. The van der Waals surface area contributed by atoms with E-state index in [2.05, 4.69) is 46.6 Å². The van der Waals surface area contributed by atoms with Crippen LogP contribution in [0.1, 0.15) is 20.8 Å². The van der Waals surface area contributed by atoms with Gasteiger partial charge in [0.2, 0.25) is 0 Å². The fourth-order valence-corrected chi connectivity index (χ4v) is 1.56. The van der Waals surface area contributed by atoms with Crippen molar-refractivity contribution in [2.45, 2.75) is 26.8 Å². The number of anilines is 1. The standard InChI is InChI=1S/C10H15BrN2/c1-4-13(8(2)3)10-6-5-9(11)7-12-10/h5-8H,4H2,1-3H3. The second-order valence-corrected chi connectivity index (χ2v) is 4.13. The summed E-state index contributed by atoms with van der Waals surface area (Å²) in [7, 11) is 0. The summed E-state index contributed by atoms with van der Waals surface area (Å²) in [6.07, 6.45) is 1.83. The molecule has 1 heterocycles. The normalized spacial score (nSPS) is 10.5. The number of hydrogen-bond acceptors (Lipinski definition) is 2. The summed E-state index contributed by atoms with van der Waals surface area (Å²) in [6.45, 7) is 7.48. The van der Waals surface area contributed by atoms with Gasteiger partial charge >= 0.3 is 0 Å². The zero-order chi connectivity index (χ0) is 9.84. The number of rotatable bonds is 3. The molecule has 0 radical (unpaired) electrons. The van der Waals surface area contributed by atoms with E-state index in [1.54, 1.807) is 0 Å². The van der Waals surface area contributed by atoms with E-state index in [-0.39, 0.29) is 0 Å². The Hall–Kier alpha value is -0.570. The Balaban J connectivity index is 2.86. The van der Waals surface area contributed by atoms with Crippen LogP contribution in [-0.2, 0) is 0 Å². The van der Waals surface area contributed by atoms with Crippen molar-refractivity contribution in [3.05, 3.63) is 22.8 Å². The molecule has 0 aliphatic carbocycles. The van der Waals surface area contributed by atoms with Crippen LogP contribution in [0.3, 0.4) is 0 Å². The molecule has 0 atom stereocenters. The Bertz CT molecular complexity index is 256. The third kappa shape index (κ3) is 2.69. The Morgan fingerprint density at radius 2 is 2.15 bits per heavy atom. The average Bonchev–Trinajstić information content (AvgIpc) is 2.09. The highest BCUT2D eigenvalue weighted by Crippen LogP contribution is 2.16. The van der Waals surface area contributed by atoms with Gasteiger partial charge in [0.25, 0.3) is 0 Å². The van der Waals surface area contributed by atoms with Crippen LogP contribution in [0.4, 0.5) is 5.82 Å². The molecule has 0 amide bonds. The van der Waals surface area contributed by atoms with Crippen LogP contribution in [0.5, 0.6) is 0 Å². The molecule has 1 rings (SSSR count). The van der Waals surface area contributed by atoms with Crippen LogP contribution in [-0.4, -0.2) is 17.6 Å². The van der Waals surface area contributed by atoms with E-state index in [0.29, 0.717) is 6.04 Å². The van der Waals surface area contributed by atoms with Gasteiger partial charge in [0.1, 0.15) is 5.82 Å². The van der Waals surface area contributed by atoms with E-state index in [4.69, 9.17) is 0 Å². The first-order valence-corrected chi connectivity index (χ1v) is 5.32. The Morgan fingerprint density at radius 3 is 2.54 bits per heavy atom. The van der Waals surface area contributed by atoms with Gasteiger partial charge in [-0.05, 0) is 48.8 Å². The van der Waals surface area contributed by atoms with Crippen LogP contribution in [0.15, 0.2) is 22.8 Å². The minimum atomic E-state index is 0.499. The lowest BCUT2D eigenvalue weighted by Crippen LogP contribution is -2.30. The van der Waals surface area contributed by atoms with Crippen molar-refractivity contribution in [3.8, 4) is 0 Å². The van der Waals surface area contributed by atoms with Gasteiger partial charge in [-0.25, -0.2) is 4.98 Å². The molecule has 0 spiro atoms. The second-order valence-electron chi connectivity index (χ2n) is 3.21. The molecule has 0 aromatic carbocycles. The molecule has 0 aliphatic heterocycles. The predicted molar refractivity (Wildman–Crippen MR) is 60.1 cm³/mol. The van der Waals surface area contributed by atoms with Crippen LogP contribution >= 0.6 is 15.9 Å². The average molecular weight is 243 g/mol. The van der Waals surface area contributed by atoms with Crippen LogP contribution < -0.4 is 4.90 Å². The summed E-state index contributed by atoms with van der Waals surface area (Å²) in [5.41, 5.74) is 0. The fraction of sp³-hybridized carbons (Fsp3) is 0.500. The van der Waals surface area contributed by atoms with Crippen molar-refractivity contribution in [2.75, 3.05) is 11.4 Å². The zero-order valence-corrected chi connectivity index (χ0v) is 9.87. The highest BCUT2D eigenvalue weighted by atomic mass is 79.9. The lowest BCUT2D eigenvalue weighted by atomic mass is 10.3. The summed E-state index contributed by atoms with van der Waals surface area (Å²) in [6, 6.07) is 4.56. The molecule has 0 N–H and O–H groups in total. The van der Waals surface area contributed by atoms with E-state index in [0.717, 1.165) is 16.8 Å². The van der Waals surface area contributed by atoms with E-state index in [9.17, 15) is 0 Å². The Kier molecular flexibility index (Phi) is 3.72. The van der Waals surface area contributed by atoms with Crippen LogP contribution in [0.25, 0.3) is 0 Å². The van der Waals surface area contributed by atoms with E-state index in [1.807, 2.05) is 18.3 Å². The third-order valence-corrected chi connectivity index (χ3v) is 2.44. The molecule has 13 heavy (non-hydrogen) atoms. The lowest BCUT2D eigenvalue weighted by molar-refractivity contribution is 0.693. The van der Waals surface area contributed by atoms with Crippen molar-refractivity contribution >= 4 is 21.7 Å². The maximum Gasteiger partial charge on any atom is 0.128 e. The number of hydrogen-bond donors (Lipinski definition) is 0. The number of halogens is 1. The van der Waals surface area contributed by atoms with E-state index >= 15 is 0 Å². The van der Waals surface area contributed by atoms with Crippen LogP contribution in [0.2, 0.25) is 0 Å². The van der Waals surface area contributed by atoms with Crippen molar-refractivity contribution < 1.29 is 0 Å². The first kappa shape index (κ1) is 10.5. The van der Waals surface area contributed by atoms with Gasteiger partial charge in [0.15, 0.2) is 0 Å². The number of nitrogens with zero attached hydrogens (tertiary/aromatic N) is 2. The van der Waals surface area contributed by atoms with Crippen molar-refractivity contribution in [3.63, 3.8) is 0 Å². The van der Waals surface area contributed by atoms with Gasteiger partial charge in [0.05, 0.1) is 0 Å². The number of aromatic nitrogens is 1. The summed E-state index contributed by atoms with van der Waals surface area (Å²) in [5.74, 6) is 1.04. The van der Waals surface area contributed by atoms with E-state index < -0.39 is 0 Å². The maximum absolute atomic E-state index is 4.35. The number of pyridine rings is 1. The van der Waals surface area contributed by atoms with E-state index in [1.165, 1.54) is 0 Å². The zero-order valence-electron chi connectivity index (χ0n) is 8.29. The molecule has 3 heteroatoms. The Morgan fingerprint density at radius 1 is 1.46 bits per heavy atom. The molecule has 0 saturated heterocycles. The molecule has 0 saturated carbocycles. The topological polar surface area (TPSA) is 16.1 Å². The molecule has 0 bridgehead atoms. The summed E-state index contributed by atoms with van der Waals surface area (Å²) in [5, 5.41) is 0. The molecule has 0 unspecified atom stereocenters. The van der Waals surface area contributed by atoms with Crippen molar-refractivity contribution in [2.24, 2.45) is 0 Å². The minimum Gasteiger partial charge on any atom is -0.354 e. The second kappa shape index (κ2) is 4.61. The fourth-order valence-electron chi connectivity index (χ4n) is 1.33. The summed E-state index contributed by atoms with van der Waals surface area (Å²) < 4.78 is 1.02. The van der Waals surface area contributed by atoms with Gasteiger partial charge < -0.3 is 4.90 Å². The minimum absolute atomic E-state index is 0.499. The monoisotopic (exact) mass is 242 g/mol. The quantitative estimate of drug-likeness (QED) is 0.810. The van der Waals surface area contributed by atoms with Crippen molar-refractivity contribution in [1.82, 2.24) is 4.98 Å². The third-order valence-electron chi connectivity index (χ3n) is 1.97. The summed E-state index contributed by atoms with van der Waals surface area (Å²) in [4.78, 5) is 6.61. The molecule has 72 valence electrons. The van der Waals surface area contributed by atoms with Crippen LogP contribution in [0, 0.1) is 0 Å². The SMILES string of the molecule is CCN(c1ccc(Br)cn1)C(C)C. The lowest BCUT2D eigenvalue weighted by Gasteiger charge is -2.26. The predicted octanol–water partition coefficient (Wildman–Crippen LogP) is 3.08. The van der Waals surface area contributed by atoms with Gasteiger partial charge in [-0.15, -0.1) is 0 Å². The van der Waals surface area contributed by atoms with Gasteiger partial charge in [0, 0.05) is 23.3 Å². The molecule has 0 aliphatic rings. The van der Waals surface area contributed by atoms with Gasteiger partial charge in [-0.1, -0.05) is 0 Å². The van der Waals surface area contributed by atoms with Gasteiger partial charge in [-0.3, -0.25) is 0 Å². The largest absolute Gasteiger partial charge is 0.354 e. The van der Waals surface area contributed by atoms with Gasteiger partial charge in [-0.2, -0.15) is 0 Å². The Labute approximate surface area is 88.1 Å². The first-order valence-electron chi connectivity index (χ1n) is 4.53. The highest BCUT2D eigenvalue weighted by Gasteiger charge is 2.08. The molecule has 1 aromatic rings. The molecular weight excluding hydrogens is 228 g/mol. The first-order chi connectivity index (χ1) is 6.15.